The molecule has 3 rings (SSSR count). The summed E-state index contributed by atoms with van der Waals surface area (Å²) in [4.78, 5) is 27.7. The van der Waals surface area contributed by atoms with Crippen LogP contribution in [0, 0.1) is 5.41 Å². The lowest BCUT2D eigenvalue weighted by atomic mass is 9.74. The third-order valence-corrected chi connectivity index (χ3v) is 7.01. The van der Waals surface area contributed by atoms with E-state index in [2.05, 4.69) is 0 Å². The molecule has 130 valence electrons. The van der Waals surface area contributed by atoms with Gasteiger partial charge in [-0.15, -0.1) is 23.2 Å². The highest BCUT2D eigenvalue weighted by molar-refractivity contribution is 6.53. The summed E-state index contributed by atoms with van der Waals surface area (Å²) < 4.78 is -1.07. The quantitative estimate of drug-likeness (QED) is 0.703. The molecule has 3 nitrogen and oxygen atoms in total. The van der Waals surface area contributed by atoms with E-state index in [1.165, 1.54) is 0 Å². The average molecular weight is 389 g/mol. The van der Waals surface area contributed by atoms with Gasteiger partial charge in [0.25, 0.3) is 0 Å². The number of carbonyl (C=O) groups excluding carboxylic acids is 2. The Morgan fingerprint density at radius 2 is 1.83 bits per heavy atom. The van der Waals surface area contributed by atoms with Crippen LogP contribution in [0.1, 0.15) is 44.6 Å². The van der Waals surface area contributed by atoms with E-state index in [0.29, 0.717) is 29.8 Å². The molecular weight excluding hydrogens is 369 g/mol. The zero-order chi connectivity index (χ0) is 17.8. The maximum Gasteiger partial charge on any atom is 0.232 e. The highest BCUT2D eigenvalue weighted by atomic mass is 35.5. The topological polar surface area (TPSA) is 37.4 Å². The van der Waals surface area contributed by atoms with Gasteiger partial charge >= 0.3 is 0 Å². The molecular formula is C18H20Cl3NO2. The maximum atomic E-state index is 13.1. The van der Waals surface area contributed by atoms with Crippen molar-refractivity contribution in [3.63, 3.8) is 0 Å². The fraction of sp³-hybridized carbons (Fsp3) is 0.556. The lowest BCUT2D eigenvalue weighted by Gasteiger charge is -2.45. The van der Waals surface area contributed by atoms with E-state index in [1.54, 1.807) is 24.9 Å². The number of likely N-dealkylation sites (N-methyl/N-ethyl adjacent to an activating group) is 1. The van der Waals surface area contributed by atoms with Gasteiger partial charge in [0.05, 0.1) is 5.41 Å². The standard InChI is InChI=1S/C18H20Cl3NO2/c1-16(11-18(16,20)21)15(24)22(2)17(10-6-5-9-14(17)23)12-7-3-4-8-13(12)19/h3-4,7-8H,5-6,9-11H2,1-2H3. The molecule has 0 bridgehead atoms. The van der Waals surface area contributed by atoms with Crippen LogP contribution < -0.4 is 0 Å². The number of carbonyl (C=O) groups is 2. The largest absolute Gasteiger partial charge is 0.328 e. The molecule has 0 aromatic heterocycles. The van der Waals surface area contributed by atoms with Crippen LogP contribution in [0.2, 0.25) is 5.02 Å². The van der Waals surface area contributed by atoms with Gasteiger partial charge in [-0.2, -0.15) is 0 Å². The SMILES string of the molecule is CN(C(=O)C1(C)CC1(Cl)Cl)C1(c2ccccc2Cl)CCCCC1=O. The predicted molar refractivity (Wildman–Crippen MR) is 96.5 cm³/mol. The van der Waals surface area contributed by atoms with Gasteiger partial charge in [0, 0.05) is 24.1 Å². The summed E-state index contributed by atoms with van der Waals surface area (Å²) in [6, 6.07) is 7.25. The van der Waals surface area contributed by atoms with Crippen LogP contribution in [0.3, 0.4) is 0 Å². The van der Waals surface area contributed by atoms with Crippen LogP contribution in [0.4, 0.5) is 0 Å². The summed E-state index contributed by atoms with van der Waals surface area (Å²) in [5, 5.41) is 0.497. The van der Waals surface area contributed by atoms with Crippen LogP contribution >= 0.6 is 34.8 Å². The van der Waals surface area contributed by atoms with Crippen LogP contribution in [0.25, 0.3) is 0 Å². The minimum absolute atomic E-state index is 0.0247. The summed E-state index contributed by atoms with van der Waals surface area (Å²) in [5.41, 5.74) is -1.22. The molecule has 6 heteroatoms. The number of hydrogen-bond donors (Lipinski definition) is 0. The molecule has 2 aliphatic rings. The van der Waals surface area contributed by atoms with Gasteiger partial charge in [-0.3, -0.25) is 9.59 Å². The van der Waals surface area contributed by atoms with E-state index in [9.17, 15) is 9.59 Å². The van der Waals surface area contributed by atoms with Crippen molar-refractivity contribution < 1.29 is 9.59 Å². The van der Waals surface area contributed by atoms with Gasteiger partial charge in [0.15, 0.2) is 5.78 Å². The van der Waals surface area contributed by atoms with Gasteiger partial charge in [-0.25, -0.2) is 0 Å². The van der Waals surface area contributed by atoms with Crippen molar-refractivity contribution in [2.45, 2.75) is 48.9 Å². The number of rotatable bonds is 3. The smallest absolute Gasteiger partial charge is 0.232 e. The van der Waals surface area contributed by atoms with E-state index < -0.39 is 15.3 Å². The van der Waals surface area contributed by atoms with Crippen molar-refractivity contribution in [2.24, 2.45) is 5.41 Å². The molecule has 1 aromatic carbocycles. The lowest BCUT2D eigenvalue weighted by molar-refractivity contribution is -0.151. The molecule has 1 aromatic rings. The molecule has 2 unspecified atom stereocenters. The maximum absolute atomic E-state index is 13.1. The Labute approximate surface area is 157 Å². The molecule has 0 N–H and O–H groups in total. The van der Waals surface area contributed by atoms with Gasteiger partial charge in [0.2, 0.25) is 5.91 Å². The van der Waals surface area contributed by atoms with E-state index in [0.717, 1.165) is 12.8 Å². The van der Waals surface area contributed by atoms with Crippen LogP contribution in [-0.4, -0.2) is 28.0 Å². The summed E-state index contributed by atoms with van der Waals surface area (Å²) in [6.45, 7) is 1.75. The zero-order valence-corrected chi connectivity index (χ0v) is 16.0. The van der Waals surface area contributed by atoms with Gasteiger partial charge in [-0.05, 0) is 38.7 Å². The third kappa shape index (κ3) is 2.48. The lowest BCUT2D eigenvalue weighted by Crippen LogP contribution is -2.56. The highest BCUT2D eigenvalue weighted by Gasteiger charge is 2.70. The number of Topliss-reactive ketones (excluding diaryl/α,β-unsaturated/α-hetero) is 1. The molecule has 0 aliphatic heterocycles. The molecule has 24 heavy (non-hydrogen) atoms. The van der Waals surface area contributed by atoms with Gasteiger partial charge in [-0.1, -0.05) is 29.8 Å². The van der Waals surface area contributed by atoms with Gasteiger partial charge < -0.3 is 4.90 Å². The van der Waals surface area contributed by atoms with Crippen molar-refractivity contribution in [3.8, 4) is 0 Å². The van der Waals surface area contributed by atoms with Crippen LogP contribution in [-0.2, 0) is 15.1 Å². The molecule has 0 saturated heterocycles. The number of alkyl halides is 2. The molecule has 2 fully saturated rings. The fourth-order valence-corrected chi connectivity index (χ4v) is 4.79. The van der Waals surface area contributed by atoms with Crippen molar-refractivity contribution in [1.82, 2.24) is 4.90 Å². The first-order valence-corrected chi connectivity index (χ1v) is 9.25. The minimum atomic E-state index is -1.07. The third-order valence-electron chi connectivity index (χ3n) is 5.58. The van der Waals surface area contributed by atoms with Crippen molar-refractivity contribution in [1.29, 1.82) is 0 Å². The molecule has 2 saturated carbocycles. The molecule has 0 spiro atoms. The Hall–Kier alpha value is -0.770. The van der Waals surface area contributed by atoms with Crippen LogP contribution in [0.15, 0.2) is 24.3 Å². The number of amides is 1. The van der Waals surface area contributed by atoms with E-state index in [4.69, 9.17) is 34.8 Å². The number of ketones is 1. The van der Waals surface area contributed by atoms with E-state index in [-0.39, 0.29) is 11.7 Å². The Balaban J connectivity index is 2.08. The molecule has 2 aliphatic carbocycles. The second-order valence-corrected chi connectivity index (χ2v) is 8.94. The van der Waals surface area contributed by atoms with E-state index in [1.807, 2.05) is 18.2 Å². The predicted octanol–water partition coefficient (Wildman–Crippen LogP) is 4.72. The molecule has 2 atom stereocenters. The van der Waals surface area contributed by atoms with Crippen molar-refractivity contribution in [2.75, 3.05) is 7.05 Å². The van der Waals surface area contributed by atoms with Gasteiger partial charge in [0.1, 0.15) is 9.87 Å². The monoisotopic (exact) mass is 387 g/mol. The summed E-state index contributed by atoms with van der Waals surface area (Å²) >= 11 is 18.8. The first kappa shape index (κ1) is 18.0. The van der Waals surface area contributed by atoms with E-state index >= 15 is 0 Å². The zero-order valence-electron chi connectivity index (χ0n) is 13.7. The first-order chi connectivity index (χ1) is 11.2. The highest BCUT2D eigenvalue weighted by Crippen LogP contribution is 2.65. The van der Waals surface area contributed by atoms with Crippen molar-refractivity contribution in [3.05, 3.63) is 34.9 Å². The normalized spacial score (nSPS) is 31.6. The Morgan fingerprint density at radius 1 is 1.21 bits per heavy atom. The molecule has 1 amide bonds. The van der Waals surface area contributed by atoms with Crippen molar-refractivity contribution >= 4 is 46.5 Å². The number of benzene rings is 1. The Kier molecular flexibility index (Phi) is 4.43. The van der Waals surface area contributed by atoms with Crippen LogP contribution in [0.5, 0.6) is 0 Å². The number of nitrogens with zero attached hydrogens (tertiary/aromatic N) is 1. The number of halogens is 3. The minimum Gasteiger partial charge on any atom is -0.328 e. The average Bonchev–Trinajstić information content (AvgIpc) is 3.07. The second kappa shape index (κ2) is 5.89. The second-order valence-electron chi connectivity index (χ2n) is 7.05. The fourth-order valence-electron chi connectivity index (χ4n) is 3.80. The molecule has 0 radical (unpaired) electrons. The Bertz CT molecular complexity index is 705. The summed E-state index contributed by atoms with van der Waals surface area (Å²) in [7, 11) is 1.67. The Morgan fingerprint density at radius 3 is 2.38 bits per heavy atom. The summed E-state index contributed by atoms with van der Waals surface area (Å²) in [5.74, 6) is -0.181. The number of hydrogen-bond acceptors (Lipinski definition) is 2. The first-order valence-electron chi connectivity index (χ1n) is 8.11. The molecule has 0 heterocycles. The summed E-state index contributed by atoms with van der Waals surface area (Å²) in [6.07, 6.45) is 3.08.